The van der Waals surface area contributed by atoms with Crippen LogP contribution in [0.4, 0.5) is 0 Å². The smallest absolute Gasteiger partial charge is 0.335 e. The van der Waals surface area contributed by atoms with Crippen molar-refractivity contribution in [1.82, 2.24) is 0 Å². The molecule has 0 bridgehead atoms. The minimum absolute atomic E-state index is 0.0188. The van der Waals surface area contributed by atoms with Crippen molar-refractivity contribution >= 4 is 17.5 Å². The lowest BCUT2D eigenvalue weighted by atomic mass is 9.49. The third-order valence-corrected chi connectivity index (χ3v) is 6.13. The van der Waals surface area contributed by atoms with Crippen LogP contribution in [0.15, 0.2) is 12.1 Å². The fourth-order valence-corrected chi connectivity index (χ4v) is 4.60. The Morgan fingerprint density at radius 3 is 2.48 bits per heavy atom. The van der Waals surface area contributed by atoms with Crippen LogP contribution in [-0.4, -0.2) is 22.6 Å². The monoisotopic (exact) mass is 314 g/mol. The lowest BCUT2D eigenvalue weighted by molar-refractivity contribution is -0.136. The number of benzene rings is 1. The molecule has 1 aromatic rings. The highest BCUT2D eigenvalue weighted by Gasteiger charge is 2.55. The molecule has 0 amide bonds. The topological polar surface area (TPSA) is 71.4 Å². The van der Waals surface area contributed by atoms with Gasteiger partial charge in [-0.3, -0.25) is 9.59 Å². The normalized spacial score (nSPS) is 29.0. The molecule has 2 atom stereocenters. The van der Waals surface area contributed by atoms with Crippen molar-refractivity contribution in [3.05, 3.63) is 34.4 Å². The van der Waals surface area contributed by atoms with Crippen molar-refractivity contribution in [2.24, 2.45) is 11.3 Å². The number of carbonyl (C=O) groups excluding carboxylic acids is 2. The Morgan fingerprint density at radius 2 is 1.87 bits per heavy atom. The van der Waals surface area contributed by atoms with Crippen LogP contribution in [0.5, 0.6) is 0 Å². The number of hydrogen-bond acceptors (Lipinski definition) is 3. The van der Waals surface area contributed by atoms with Crippen LogP contribution in [0.25, 0.3) is 0 Å². The Kier molecular flexibility index (Phi) is 3.29. The molecule has 122 valence electrons. The number of rotatable bonds is 1. The zero-order valence-corrected chi connectivity index (χ0v) is 14.0. The molecule has 4 nitrogen and oxygen atoms in total. The van der Waals surface area contributed by atoms with Gasteiger partial charge in [-0.1, -0.05) is 20.8 Å². The first kappa shape index (κ1) is 15.9. The van der Waals surface area contributed by atoms with E-state index in [4.69, 9.17) is 0 Å². The highest BCUT2D eigenvalue weighted by atomic mass is 16.4. The maximum absolute atomic E-state index is 12.7. The van der Waals surface area contributed by atoms with E-state index in [1.807, 2.05) is 13.8 Å². The Labute approximate surface area is 135 Å². The van der Waals surface area contributed by atoms with Gasteiger partial charge in [-0.25, -0.2) is 4.79 Å². The van der Waals surface area contributed by atoms with E-state index in [1.165, 1.54) is 0 Å². The summed E-state index contributed by atoms with van der Waals surface area (Å²) in [7, 11) is 0. The SMILES string of the molecule is Cc1cc2c(cc1C(=O)O)[C@@]1(C)CCC(=O)C(C)(C)C1CC2=O. The number of aromatic carboxylic acids is 1. The van der Waals surface area contributed by atoms with Crippen LogP contribution >= 0.6 is 0 Å². The molecule has 0 aliphatic heterocycles. The van der Waals surface area contributed by atoms with E-state index in [9.17, 15) is 19.5 Å². The number of carboxylic acids is 1. The van der Waals surface area contributed by atoms with Gasteiger partial charge in [0.15, 0.2) is 5.78 Å². The molecule has 0 spiro atoms. The molecular formula is C19H22O4. The zero-order valence-electron chi connectivity index (χ0n) is 14.0. The molecule has 0 aromatic heterocycles. The van der Waals surface area contributed by atoms with Gasteiger partial charge in [-0.15, -0.1) is 0 Å². The summed E-state index contributed by atoms with van der Waals surface area (Å²) in [5, 5.41) is 9.42. The molecule has 1 unspecified atom stereocenters. The van der Waals surface area contributed by atoms with Crippen molar-refractivity contribution in [3.8, 4) is 0 Å². The molecule has 0 saturated heterocycles. The Morgan fingerprint density at radius 1 is 1.22 bits per heavy atom. The molecule has 2 aliphatic carbocycles. The molecule has 4 heteroatoms. The van der Waals surface area contributed by atoms with Crippen LogP contribution in [0.1, 0.15) is 71.9 Å². The van der Waals surface area contributed by atoms with Crippen molar-refractivity contribution in [1.29, 1.82) is 0 Å². The summed E-state index contributed by atoms with van der Waals surface area (Å²) in [6.07, 6.45) is 1.50. The minimum atomic E-state index is -0.977. The average Bonchev–Trinajstić information content (AvgIpc) is 2.46. The molecule has 1 fully saturated rings. The molecule has 0 heterocycles. The second kappa shape index (κ2) is 4.76. The largest absolute Gasteiger partial charge is 0.478 e. The van der Waals surface area contributed by atoms with Gasteiger partial charge in [-0.2, -0.15) is 0 Å². The van der Waals surface area contributed by atoms with Gasteiger partial charge in [0.25, 0.3) is 0 Å². The van der Waals surface area contributed by atoms with Gasteiger partial charge in [0.05, 0.1) is 5.56 Å². The third kappa shape index (κ3) is 2.07. The fourth-order valence-electron chi connectivity index (χ4n) is 4.60. The van der Waals surface area contributed by atoms with Gasteiger partial charge in [0.1, 0.15) is 5.78 Å². The fraction of sp³-hybridized carbons (Fsp3) is 0.526. The second-order valence-corrected chi connectivity index (χ2v) is 7.76. The van der Waals surface area contributed by atoms with Crippen molar-refractivity contribution < 1.29 is 19.5 Å². The van der Waals surface area contributed by atoms with Crippen LogP contribution in [0, 0.1) is 18.3 Å². The van der Waals surface area contributed by atoms with E-state index in [0.717, 1.165) is 5.56 Å². The van der Waals surface area contributed by atoms with Gasteiger partial charge >= 0.3 is 5.97 Å². The number of aryl methyl sites for hydroxylation is 1. The molecule has 0 radical (unpaired) electrons. The summed E-state index contributed by atoms with van der Waals surface area (Å²) >= 11 is 0. The predicted molar refractivity (Wildman–Crippen MR) is 85.9 cm³/mol. The number of hydrogen-bond donors (Lipinski definition) is 1. The lowest BCUT2D eigenvalue weighted by Crippen LogP contribution is -2.53. The summed E-state index contributed by atoms with van der Waals surface area (Å²) < 4.78 is 0. The van der Waals surface area contributed by atoms with Crippen molar-refractivity contribution in [2.45, 2.75) is 52.4 Å². The molecule has 23 heavy (non-hydrogen) atoms. The van der Waals surface area contributed by atoms with E-state index in [-0.39, 0.29) is 28.5 Å². The first-order valence-electron chi connectivity index (χ1n) is 8.04. The van der Waals surface area contributed by atoms with E-state index in [1.54, 1.807) is 19.1 Å². The lowest BCUT2D eigenvalue weighted by Gasteiger charge is -2.52. The number of Topliss-reactive ketones (excluding diaryl/α,β-unsaturated/α-hetero) is 2. The van der Waals surface area contributed by atoms with Gasteiger partial charge in [-0.05, 0) is 47.9 Å². The summed E-state index contributed by atoms with van der Waals surface area (Å²) in [4.78, 5) is 36.5. The first-order valence-corrected chi connectivity index (χ1v) is 8.04. The predicted octanol–water partition coefficient (Wildman–Crippen LogP) is 3.54. The molecule has 1 aromatic carbocycles. The van der Waals surface area contributed by atoms with E-state index in [0.29, 0.717) is 30.4 Å². The van der Waals surface area contributed by atoms with Crippen LogP contribution in [-0.2, 0) is 10.2 Å². The van der Waals surface area contributed by atoms with Gasteiger partial charge in [0, 0.05) is 23.8 Å². The third-order valence-electron chi connectivity index (χ3n) is 6.13. The molecule has 3 rings (SSSR count). The summed E-state index contributed by atoms with van der Waals surface area (Å²) in [5.74, 6) is -0.845. The van der Waals surface area contributed by atoms with Gasteiger partial charge < -0.3 is 5.11 Å². The van der Waals surface area contributed by atoms with E-state index in [2.05, 4.69) is 6.92 Å². The summed E-state index contributed by atoms with van der Waals surface area (Å²) in [5.41, 5.74) is 1.40. The summed E-state index contributed by atoms with van der Waals surface area (Å²) in [6, 6.07) is 3.38. The van der Waals surface area contributed by atoms with Crippen LogP contribution < -0.4 is 0 Å². The Hall–Kier alpha value is -1.97. The summed E-state index contributed by atoms with van der Waals surface area (Å²) in [6.45, 7) is 7.64. The van der Waals surface area contributed by atoms with E-state index < -0.39 is 11.4 Å². The maximum atomic E-state index is 12.7. The van der Waals surface area contributed by atoms with Crippen molar-refractivity contribution in [3.63, 3.8) is 0 Å². The molecule has 2 aliphatic rings. The number of carboxylic acid groups (broad SMARTS) is 1. The van der Waals surface area contributed by atoms with Gasteiger partial charge in [0.2, 0.25) is 0 Å². The Balaban J connectivity index is 2.26. The van der Waals surface area contributed by atoms with Crippen LogP contribution in [0.3, 0.4) is 0 Å². The number of carbonyl (C=O) groups is 3. The maximum Gasteiger partial charge on any atom is 0.335 e. The molecule has 1 saturated carbocycles. The number of fused-ring (bicyclic) bond motifs is 3. The highest BCUT2D eigenvalue weighted by Crippen LogP contribution is 2.55. The zero-order chi connectivity index (χ0) is 17.2. The molecular weight excluding hydrogens is 292 g/mol. The molecule has 1 N–H and O–H groups in total. The minimum Gasteiger partial charge on any atom is -0.478 e. The second-order valence-electron chi connectivity index (χ2n) is 7.76. The first-order chi connectivity index (χ1) is 10.6. The standard InChI is InChI=1S/C19H22O4/c1-10-7-12-13(8-11(10)17(22)23)19(4)6-5-16(21)18(2,3)15(19)9-14(12)20/h7-8,15H,5-6,9H2,1-4H3,(H,22,23)/t15?,19-/m1/s1. The van der Waals surface area contributed by atoms with Crippen molar-refractivity contribution in [2.75, 3.05) is 0 Å². The van der Waals surface area contributed by atoms with Crippen LogP contribution in [0.2, 0.25) is 0 Å². The van der Waals surface area contributed by atoms with E-state index >= 15 is 0 Å². The number of ketones is 2. The quantitative estimate of drug-likeness (QED) is 0.860. The average molecular weight is 314 g/mol. The highest BCUT2D eigenvalue weighted by molar-refractivity contribution is 6.02. The Bertz CT molecular complexity index is 744.